The second-order valence-electron chi connectivity index (χ2n) is 3.23. The second-order valence-corrected chi connectivity index (χ2v) is 3.23. The minimum absolute atomic E-state index is 0.211. The molecule has 0 spiro atoms. The van der Waals surface area contributed by atoms with Gasteiger partial charge >= 0.3 is 11.9 Å². The van der Waals surface area contributed by atoms with Crippen LogP contribution in [-0.2, 0) is 9.47 Å². The zero-order valence-electron chi connectivity index (χ0n) is 10.0. The van der Waals surface area contributed by atoms with Crippen molar-refractivity contribution in [1.29, 1.82) is 0 Å². The number of ether oxygens (including phenoxy) is 2. The van der Waals surface area contributed by atoms with E-state index in [2.05, 4.69) is 19.7 Å². The first kappa shape index (κ1) is 13.6. The van der Waals surface area contributed by atoms with Gasteiger partial charge in [-0.05, 0) is 6.92 Å². The third-order valence-corrected chi connectivity index (χ3v) is 2.12. The highest BCUT2D eigenvalue weighted by molar-refractivity contribution is 6.10. The molecule has 1 heterocycles. The van der Waals surface area contributed by atoms with Gasteiger partial charge in [0, 0.05) is 0 Å². The number of aromatic nitrogens is 2. The molecule has 0 aliphatic heterocycles. The van der Waals surface area contributed by atoms with E-state index in [0.29, 0.717) is 0 Å². The van der Waals surface area contributed by atoms with Gasteiger partial charge in [-0.3, -0.25) is 4.79 Å². The van der Waals surface area contributed by atoms with E-state index in [4.69, 9.17) is 5.73 Å². The molecule has 2 N–H and O–H groups in total. The molecule has 0 aliphatic rings. The van der Waals surface area contributed by atoms with Crippen molar-refractivity contribution in [3.63, 3.8) is 0 Å². The molecule has 8 nitrogen and oxygen atoms in total. The first-order valence-electron chi connectivity index (χ1n) is 4.77. The largest absolute Gasteiger partial charge is 0.464 e. The van der Waals surface area contributed by atoms with Crippen LogP contribution in [0, 0.1) is 0 Å². The van der Waals surface area contributed by atoms with Crippen molar-refractivity contribution in [3.8, 4) is 0 Å². The molecule has 0 aliphatic carbocycles. The summed E-state index contributed by atoms with van der Waals surface area (Å²) in [6, 6.07) is 0. The first-order chi connectivity index (χ1) is 8.43. The summed E-state index contributed by atoms with van der Waals surface area (Å²) in [7, 11) is 2.25. The standard InChI is InChI=1S/C10H11N3O5/c1-4(14)5-6(11)8(10(16)18-3)13-12-7(5)9(15)17-2/h1-3H3,(H2,11,12). The van der Waals surface area contributed by atoms with E-state index in [9.17, 15) is 14.4 Å². The molecule has 0 bridgehead atoms. The number of carbonyl (C=O) groups excluding carboxylic acids is 3. The lowest BCUT2D eigenvalue weighted by molar-refractivity contribution is 0.0572. The number of ketones is 1. The maximum absolute atomic E-state index is 11.5. The maximum Gasteiger partial charge on any atom is 0.360 e. The number of carbonyl (C=O) groups is 3. The predicted molar refractivity (Wildman–Crippen MR) is 59.1 cm³/mol. The zero-order valence-corrected chi connectivity index (χ0v) is 10.0. The lowest BCUT2D eigenvalue weighted by atomic mass is 10.1. The third-order valence-electron chi connectivity index (χ3n) is 2.12. The molecule has 0 unspecified atom stereocenters. The fourth-order valence-corrected chi connectivity index (χ4v) is 1.29. The Labute approximate surface area is 102 Å². The second kappa shape index (κ2) is 5.21. The number of esters is 2. The summed E-state index contributed by atoms with van der Waals surface area (Å²) in [5.41, 5.74) is 4.49. The van der Waals surface area contributed by atoms with E-state index in [1.807, 2.05) is 0 Å². The Morgan fingerprint density at radius 1 is 1.00 bits per heavy atom. The Balaban J connectivity index is 3.52. The Hall–Kier alpha value is -2.51. The van der Waals surface area contributed by atoms with Crippen molar-refractivity contribution >= 4 is 23.4 Å². The topological polar surface area (TPSA) is 121 Å². The molecule has 0 fully saturated rings. The maximum atomic E-state index is 11.5. The molecule has 8 heteroatoms. The van der Waals surface area contributed by atoms with Crippen LogP contribution in [0.25, 0.3) is 0 Å². The van der Waals surface area contributed by atoms with Crippen LogP contribution < -0.4 is 5.73 Å². The van der Waals surface area contributed by atoms with Crippen molar-refractivity contribution in [2.75, 3.05) is 20.0 Å². The molecular weight excluding hydrogens is 242 g/mol. The monoisotopic (exact) mass is 253 g/mol. The van der Waals surface area contributed by atoms with Crippen LogP contribution in [0.2, 0.25) is 0 Å². The molecule has 96 valence electrons. The highest BCUT2D eigenvalue weighted by Crippen LogP contribution is 2.20. The van der Waals surface area contributed by atoms with Crippen molar-refractivity contribution in [1.82, 2.24) is 10.2 Å². The number of rotatable bonds is 3. The summed E-state index contributed by atoms with van der Waals surface area (Å²) < 4.78 is 8.87. The van der Waals surface area contributed by atoms with Crippen LogP contribution in [0.3, 0.4) is 0 Å². The van der Waals surface area contributed by atoms with Gasteiger partial charge in [0.25, 0.3) is 0 Å². The minimum Gasteiger partial charge on any atom is -0.464 e. The molecule has 0 aromatic carbocycles. The van der Waals surface area contributed by atoms with Gasteiger partial charge in [0.05, 0.1) is 25.5 Å². The molecule has 1 aromatic rings. The van der Waals surface area contributed by atoms with E-state index >= 15 is 0 Å². The molecule has 0 amide bonds. The Bertz CT molecular complexity index is 526. The lowest BCUT2D eigenvalue weighted by Gasteiger charge is -2.09. The number of anilines is 1. The Kier molecular flexibility index (Phi) is 3.93. The van der Waals surface area contributed by atoms with Crippen molar-refractivity contribution in [2.24, 2.45) is 0 Å². The number of nitrogens with zero attached hydrogens (tertiary/aromatic N) is 2. The van der Waals surface area contributed by atoms with Crippen LogP contribution in [0.5, 0.6) is 0 Å². The number of nitrogen functional groups attached to an aromatic ring is 1. The van der Waals surface area contributed by atoms with Crippen molar-refractivity contribution in [3.05, 3.63) is 17.0 Å². The summed E-state index contributed by atoms with van der Waals surface area (Å²) >= 11 is 0. The number of hydrogen-bond donors (Lipinski definition) is 1. The number of Topliss-reactive ketones (excluding diaryl/α,β-unsaturated/α-hetero) is 1. The van der Waals surface area contributed by atoms with Crippen LogP contribution in [-0.4, -0.2) is 42.1 Å². The zero-order chi connectivity index (χ0) is 13.9. The van der Waals surface area contributed by atoms with E-state index in [-0.39, 0.29) is 22.6 Å². The molecule has 18 heavy (non-hydrogen) atoms. The normalized spacial score (nSPS) is 9.72. The highest BCUT2D eigenvalue weighted by Gasteiger charge is 2.26. The van der Waals surface area contributed by atoms with Gasteiger partial charge in [0.2, 0.25) is 0 Å². The average Bonchev–Trinajstić information content (AvgIpc) is 2.35. The SMILES string of the molecule is COC(=O)c1nnc(C(=O)OC)c(C(C)=O)c1N. The minimum atomic E-state index is -0.865. The van der Waals surface area contributed by atoms with Gasteiger partial charge in [-0.25, -0.2) is 9.59 Å². The molecule has 0 saturated carbocycles. The van der Waals surface area contributed by atoms with Crippen LogP contribution in [0.15, 0.2) is 0 Å². The molecule has 0 saturated heterocycles. The molecule has 0 atom stereocenters. The van der Waals surface area contributed by atoms with Crippen molar-refractivity contribution < 1.29 is 23.9 Å². The fraction of sp³-hybridized carbons (Fsp3) is 0.300. The fourth-order valence-electron chi connectivity index (χ4n) is 1.29. The summed E-state index contributed by atoms with van der Waals surface area (Å²) in [6.45, 7) is 1.18. The van der Waals surface area contributed by atoms with Gasteiger partial charge in [0.15, 0.2) is 17.2 Å². The van der Waals surface area contributed by atoms with Gasteiger partial charge in [0.1, 0.15) is 0 Å². The summed E-state index contributed by atoms with van der Waals surface area (Å²) in [5, 5.41) is 6.93. The van der Waals surface area contributed by atoms with Gasteiger partial charge in [-0.2, -0.15) is 0 Å². The Morgan fingerprint density at radius 2 is 1.44 bits per heavy atom. The molecule has 0 radical (unpaired) electrons. The van der Waals surface area contributed by atoms with Gasteiger partial charge in [-0.1, -0.05) is 0 Å². The summed E-state index contributed by atoms with van der Waals surface area (Å²) in [5.74, 6) is -2.25. The van der Waals surface area contributed by atoms with E-state index in [0.717, 1.165) is 14.2 Å². The highest BCUT2D eigenvalue weighted by atomic mass is 16.5. The summed E-state index contributed by atoms with van der Waals surface area (Å²) in [4.78, 5) is 34.2. The Morgan fingerprint density at radius 3 is 1.89 bits per heavy atom. The van der Waals surface area contributed by atoms with Gasteiger partial charge in [-0.15, -0.1) is 10.2 Å². The molecule has 1 aromatic heterocycles. The van der Waals surface area contributed by atoms with Gasteiger partial charge < -0.3 is 15.2 Å². The van der Waals surface area contributed by atoms with E-state index in [1.54, 1.807) is 0 Å². The quantitative estimate of drug-likeness (QED) is 0.582. The first-order valence-corrected chi connectivity index (χ1v) is 4.77. The van der Waals surface area contributed by atoms with E-state index in [1.165, 1.54) is 6.92 Å². The summed E-state index contributed by atoms with van der Waals surface area (Å²) in [6.07, 6.45) is 0. The molecular formula is C10H11N3O5. The van der Waals surface area contributed by atoms with Crippen molar-refractivity contribution in [2.45, 2.75) is 6.92 Å². The number of methoxy groups -OCH3 is 2. The predicted octanol–water partition coefficient (Wildman–Crippen LogP) is -0.165. The van der Waals surface area contributed by atoms with E-state index < -0.39 is 17.7 Å². The molecule has 1 rings (SSSR count). The lowest BCUT2D eigenvalue weighted by Crippen LogP contribution is -2.20. The average molecular weight is 253 g/mol. The van der Waals surface area contributed by atoms with Crippen LogP contribution in [0.1, 0.15) is 38.3 Å². The number of hydrogen-bond acceptors (Lipinski definition) is 8. The van der Waals surface area contributed by atoms with Crippen LogP contribution in [0.4, 0.5) is 5.69 Å². The third kappa shape index (κ3) is 2.26. The van der Waals surface area contributed by atoms with Crippen LogP contribution >= 0.6 is 0 Å². The number of nitrogens with two attached hydrogens (primary N) is 1. The smallest absolute Gasteiger partial charge is 0.360 e.